The standard InChI is InChI=1S/C16H25BO5/c1-15(2,19)16(3,4)22-17(20)13(11-14(18)21-5)12-9-7-6-8-10-12/h6-10,13,19-20H,11H2,1-5H3/t13-/m1/s1. The minimum atomic E-state index is -1.25. The summed E-state index contributed by atoms with van der Waals surface area (Å²) < 4.78 is 10.4. The summed E-state index contributed by atoms with van der Waals surface area (Å²) in [5, 5.41) is 20.6. The summed E-state index contributed by atoms with van der Waals surface area (Å²) in [6, 6.07) is 9.14. The normalized spacial score (nSPS) is 13.6. The number of carbonyl (C=O) groups is 1. The molecule has 0 unspecified atom stereocenters. The Hall–Kier alpha value is -1.37. The van der Waals surface area contributed by atoms with Crippen molar-refractivity contribution in [1.29, 1.82) is 0 Å². The Morgan fingerprint density at radius 2 is 1.77 bits per heavy atom. The SMILES string of the molecule is COC(=O)C[C@@H](B(O)OC(C)(C)C(C)(C)O)c1ccccc1. The van der Waals surface area contributed by atoms with Crippen molar-refractivity contribution in [2.45, 2.75) is 51.1 Å². The zero-order valence-electron chi connectivity index (χ0n) is 13.9. The van der Waals surface area contributed by atoms with Crippen LogP contribution in [0.1, 0.15) is 45.5 Å². The van der Waals surface area contributed by atoms with Gasteiger partial charge in [-0.3, -0.25) is 4.79 Å². The molecule has 0 spiro atoms. The molecule has 0 saturated heterocycles. The summed E-state index contributed by atoms with van der Waals surface area (Å²) in [4.78, 5) is 11.6. The van der Waals surface area contributed by atoms with Gasteiger partial charge in [-0.05, 0) is 33.3 Å². The molecule has 0 saturated carbocycles. The number of hydrogen-bond acceptors (Lipinski definition) is 5. The van der Waals surface area contributed by atoms with E-state index in [1.54, 1.807) is 27.7 Å². The summed E-state index contributed by atoms with van der Waals surface area (Å²) >= 11 is 0. The maximum atomic E-state index is 11.6. The predicted molar refractivity (Wildman–Crippen MR) is 85.3 cm³/mol. The number of aliphatic hydroxyl groups is 1. The average Bonchev–Trinajstić information content (AvgIpc) is 2.43. The van der Waals surface area contributed by atoms with Crippen molar-refractivity contribution < 1.29 is 24.3 Å². The minimum Gasteiger partial charge on any atom is -0.469 e. The van der Waals surface area contributed by atoms with Gasteiger partial charge >= 0.3 is 13.1 Å². The van der Waals surface area contributed by atoms with Crippen LogP contribution in [-0.2, 0) is 14.2 Å². The Kier molecular flexibility index (Phi) is 6.17. The molecule has 0 radical (unpaired) electrons. The van der Waals surface area contributed by atoms with Gasteiger partial charge in [-0.1, -0.05) is 30.3 Å². The molecule has 22 heavy (non-hydrogen) atoms. The van der Waals surface area contributed by atoms with E-state index in [-0.39, 0.29) is 6.42 Å². The lowest BCUT2D eigenvalue weighted by molar-refractivity contribution is -0.141. The molecule has 0 aliphatic heterocycles. The number of ether oxygens (including phenoxy) is 1. The van der Waals surface area contributed by atoms with Crippen LogP contribution in [-0.4, -0.2) is 41.5 Å². The van der Waals surface area contributed by atoms with E-state index < -0.39 is 30.1 Å². The maximum absolute atomic E-state index is 11.6. The Labute approximate surface area is 132 Å². The first kappa shape index (κ1) is 18.7. The molecular weight excluding hydrogens is 283 g/mol. The molecule has 0 bridgehead atoms. The van der Waals surface area contributed by atoms with Crippen molar-refractivity contribution >= 4 is 13.1 Å². The molecule has 0 amide bonds. The molecule has 0 aliphatic carbocycles. The first-order valence-corrected chi connectivity index (χ1v) is 7.28. The molecule has 1 aromatic rings. The Bertz CT molecular complexity index is 481. The van der Waals surface area contributed by atoms with Crippen molar-refractivity contribution in [1.82, 2.24) is 0 Å². The second-order valence-electron chi connectivity index (χ2n) is 6.38. The second-order valence-corrected chi connectivity index (χ2v) is 6.38. The van der Waals surface area contributed by atoms with Gasteiger partial charge in [0.2, 0.25) is 0 Å². The van der Waals surface area contributed by atoms with Gasteiger partial charge in [0.05, 0.1) is 24.7 Å². The Balaban J connectivity index is 2.99. The molecule has 0 aliphatic rings. The quantitative estimate of drug-likeness (QED) is 0.594. The minimum absolute atomic E-state index is 0.0103. The summed E-state index contributed by atoms with van der Waals surface area (Å²) in [6.07, 6.45) is -0.0103. The molecule has 0 fully saturated rings. The smallest absolute Gasteiger partial charge is 0.463 e. The van der Waals surface area contributed by atoms with Crippen LogP contribution in [0.2, 0.25) is 0 Å². The van der Waals surface area contributed by atoms with Crippen LogP contribution in [0.5, 0.6) is 0 Å². The van der Waals surface area contributed by atoms with Gasteiger partial charge in [-0.2, -0.15) is 0 Å². The molecule has 0 aromatic heterocycles. The van der Waals surface area contributed by atoms with E-state index in [0.29, 0.717) is 0 Å². The third-order valence-electron chi connectivity index (χ3n) is 4.07. The van der Waals surface area contributed by atoms with Crippen molar-refractivity contribution in [3.63, 3.8) is 0 Å². The van der Waals surface area contributed by atoms with Crippen LogP contribution in [0.15, 0.2) is 30.3 Å². The highest BCUT2D eigenvalue weighted by Crippen LogP contribution is 2.30. The molecule has 122 valence electrons. The fourth-order valence-electron chi connectivity index (χ4n) is 1.87. The highest BCUT2D eigenvalue weighted by atomic mass is 16.6. The van der Waals surface area contributed by atoms with Gasteiger partial charge < -0.3 is 19.5 Å². The van der Waals surface area contributed by atoms with Crippen molar-refractivity contribution in [2.75, 3.05) is 7.11 Å². The van der Waals surface area contributed by atoms with E-state index in [9.17, 15) is 14.9 Å². The lowest BCUT2D eigenvalue weighted by Gasteiger charge is -2.39. The van der Waals surface area contributed by atoms with Crippen molar-refractivity contribution in [2.24, 2.45) is 0 Å². The summed E-state index contributed by atoms with van der Waals surface area (Å²) in [7, 11) is 0.0567. The van der Waals surface area contributed by atoms with Gasteiger partial charge in [0.1, 0.15) is 0 Å². The third-order valence-corrected chi connectivity index (χ3v) is 4.07. The average molecular weight is 308 g/mol. The van der Waals surface area contributed by atoms with Crippen molar-refractivity contribution in [3.05, 3.63) is 35.9 Å². The van der Waals surface area contributed by atoms with Crippen molar-refractivity contribution in [3.8, 4) is 0 Å². The lowest BCUT2D eigenvalue weighted by atomic mass is 9.65. The molecule has 6 heteroatoms. The molecule has 1 atom stereocenters. The van der Waals surface area contributed by atoms with Crippen LogP contribution in [0, 0.1) is 0 Å². The molecule has 5 nitrogen and oxygen atoms in total. The summed E-state index contributed by atoms with van der Waals surface area (Å²) in [6.45, 7) is 6.60. The largest absolute Gasteiger partial charge is 0.469 e. The third kappa shape index (κ3) is 4.83. The van der Waals surface area contributed by atoms with E-state index in [0.717, 1.165) is 5.56 Å². The first-order valence-electron chi connectivity index (χ1n) is 7.28. The van der Waals surface area contributed by atoms with Gasteiger partial charge in [-0.25, -0.2) is 0 Å². The number of benzene rings is 1. The molecule has 1 aromatic carbocycles. The van der Waals surface area contributed by atoms with Gasteiger partial charge in [0, 0.05) is 5.82 Å². The van der Waals surface area contributed by atoms with E-state index in [1.807, 2.05) is 30.3 Å². The van der Waals surface area contributed by atoms with Gasteiger partial charge in [0.15, 0.2) is 0 Å². The van der Waals surface area contributed by atoms with E-state index in [4.69, 9.17) is 9.39 Å². The zero-order valence-corrected chi connectivity index (χ0v) is 13.9. The number of rotatable bonds is 7. The molecule has 2 N–H and O–H groups in total. The lowest BCUT2D eigenvalue weighted by Crippen LogP contribution is -2.51. The molecule has 0 heterocycles. The number of methoxy groups -OCH3 is 1. The number of esters is 1. The summed E-state index contributed by atoms with van der Waals surface area (Å²) in [5.41, 5.74) is -1.37. The van der Waals surface area contributed by atoms with E-state index in [1.165, 1.54) is 7.11 Å². The van der Waals surface area contributed by atoms with Crippen LogP contribution >= 0.6 is 0 Å². The monoisotopic (exact) mass is 308 g/mol. The fraction of sp³-hybridized carbons (Fsp3) is 0.562. The van der Waals surface area contributed by atoms with Gasteiger partial charge in [0.25, 0.3) is 0 Å². The number of carbonyl (C=O) groups excluding carboxylic acids is 1. The number of hydrogen-bond donors (Lipinski definition) is 2. The summed E-state index contributed by atoms with van der Waals surface area (Å²) in [5.74, 6) is -1.01. The Morgan fingerprint density at radius 3 is 2.23 bits per heavy atom. The van der Waals surface area contributed by atoms with Crippen LogP contribution < -0.4 is 0 Å². The highest BCUT2D eigenvalue weighted by Gasteiger charge is 2.42. The van der Waals surface area contributed by atoms with E-state index >= 15 is 0 Å². The zero-order chi connectivity index (χ0) is 17.0. The second kappa shape index (κ2) is 7.27. The highest BCUT2D eigenvalue weighted by molar-refractivity contribution is 6.45. The molecular formula is C16H25BO5. The first-order chi connectivity index (χ1) is 10.1. The predicted octanol–water partition coefficient (Wildman–Crippen LogP) is 1.92. The Morgan fingerprint density at radius 1 is 1.23 bits per heavy atom. The fourth-order valence-corrected chi connectivity index (χ4v) is 1.87. The van der Waals surface area contributed by atoms with E-state index in [2.05, 4.69) is 0 Å². The van der Waals surface area contributed by atoms with Crippen LogP contribution in [0.25, 0.3) is 0 Å². The topological polar surface area (TPSA) is 76.0 Å². The van der Waals surface area contributed by atoms with Gasteiger partial charge in [-0.15, -0.1) is 0 Å². The maximum Gasteiger partial charge on any atom is 0.463 e. The van der Waals surface area contributed by atoms with Crippen LogP contribution in [0.3, 0.4) is 0 Å². The molecule has 1 rings (SSSR count). The van der Waals surface area contributed by atoms with Crippen LogP contribution in [0.4, 0.5) is 0 Å².